The van der Waals surface area contributed by atoms with Crippen molar-refractivity contribution >= 4 is 71.6 Å². The van der Waals surface area contributed by atoms with Crippen LogP contribution in [0.15, 0.2) is 283 Å². The van der Waals surface area contributed by atoms with Gasteiger partial charge in [0.1, 0.15) is 11.2 Å². The first-order valence-corrected chi connectivity index (χ1v) is 25.5. The number of aromatic nitrogens is 1. The molecule has 2 heterocycles. The van der Waals surface area contributed by atoms with Crippen molar-refractivity contribution in [3.05, 3.63) is 301 Å². The molecular formula is C71H46N2O. The molecule has 0 radical (unpaired) electrons. The monoisotopic (exact) mass is 942 g/mol. The minimum absolute atomic E-state index is 0.537. The lowest BCUT2D eigenvalue weighted by Gasteiger charge is -2.35. The Balaban J connectivity index is 0.932. The molecule has 0 fully saturated rings. The minimum Gasteiger partial charge on any atom is -0.455 e. The first-order valence-electron chi connectivity index (χ1n) is 25.5. The molecule has 1 aliphatic carbocycles. The van der Waals surface area contributed by atoms with E-state index in [2.05, 4.69) is 289 Å². The molecule has 74 heavy (non-hydrogen) atoms. The zero-order valence-corrected chi connectivity index (χ0v) is 40.4. The van der Waals surface area contributed by atoms with E-state index in [1.165, 1.54) is 66.1 Å². The number of para-hydroxylation sites is 2. The Kier molecular flexibility index (Phi) is 9.48. The first-order chi connectivity index (χ1) is 36.7. The molecule has 15 rings (SSSR count). The maximum atomic E-state index is 7.01. The van der Waals surface area contributed by atoms with Gasteiger partial charge in [0.2, 0.25) is 0 Å². The maximum Gasteiger partial charge on any atom is 0.145 e. The van der Waals surface area contributed by atoms with Crippen LogP contribution in [0.1, 0.15) is 22.3 Å². The predicted molar refractivity (Wildman–Crippen MR) is 308 cm³/mol. The molecule has 346 valence electrons. The molecule has 12 aromatic carbocycles. The van der Waals surface area contributed by atoms with Gasteiger partial charge in [-0.25, -0.2) is 0 Å². The number of anilines is 3. The lowest BCUT2D eigenvalue weighted by atomic mass is 9.67. The average molecular weight is 943 g/mol. The molecule has 0 aliphatic heterocycles. The highest BCUT2D eigenvalue weighted by Crippen LogP contribution is 2.57. The smallest absolute Gasteiger partial charge is 0.145 e. The predicted octanol–water partition coefficient (Wildman–Crippen LogP) is 19.0. The van der Waals surface area contributed by atoms with Gasteiger partial charge in [-0.3, -0.25) is 0 Å². The largest absolute Gasteiger partial charge is 0.455 e. The van der Waals surface area contributed by atoms with E-state index in [0.717, 1.165) is 66.8 Å². The van der Waals surface area contributed by atoms with Crippen molar-refractivity contribution in [3.63, 3.8) is 0 Å². The Hall–Kier alpha value is -9.70. The van der Waals surface area contributed by atoms with Gasteiger partial charge < -0.3 is 13.9 Å². The summed E-state index contributed by atoms with van der Waals surface area (Å²) in [6, 6.07) is 102. The van der Waals surface area contributed by atoms with Gasteiger partial charge in [-0.05, 0) is 128 Å². The number of nitrogens with zero attached hydrogens (tertiary/aromatic N) is 2. The highest BCUT2D eigenvalue weighted by molar-refractivity contribution is 6.27. The molecule has 2 aromatic heterocycles. The normalized spacial score (nSPS) is 12.7. The van der Waals surface area contributed by atoms with E-state index in [-0.39, 0.29) is 0 Å². The van der Waals surface area contributed by atoms with Crippen LogP contribution in [-0.2, 0) is 5.41 Å². The fraction of sp³-hybridized carbons (Fsp3) is 0.0141. The summed E-state index contributed by atoms with van der Waals surface area (Å²) in [6.45, 7) is 0. The van der Waals surface area contributed by atoms with Crippen LogP contribution in [0.5, 0.6) is 0 Å². The molecule has 0 saturated heterocycles. The van der Waals surface area contributed by atoms with E-state index in [0.29, 0.717) is 0 Å². The fourth-order valence-corrected chi connectivity index (χ4v) is 12.4. The second-order valence-electron chi connectivity index (χ2n) is 19.6. The third-order valence-corrected chi connectivity index (χ3v) is 15.6. The van der Waals surface area contributed by atoms with Gasteiger partial charge >= 0.3 is 0 Å². The lowest BCUT2D eigenvalue weighted by Crippen LogP contribution is -2.28. The Labute approximate surface area is 429 Å². The van der Waals surface area contributed by atoms with Crippen molar-refractivity contribution in [2.75, 3.05) is 4.90 Å². The molecule has 0 amide bonds. The quantitative estimate of drug-likeness (QED) is 0.151. The van der Waals surface area contributed by atoms with Gasteiger partial charge in [0, 0.05) is 44.5 Å². The number of furan rings is 1. The third kappa shape index (κ3) is 6.33. The number of fused-ring (bicyclic) bond motifs is 11. The summed E-state index contributed by atoms with van der Waals surface area (Å²) in [4.78, 5) is 2.42. The van der Waals surface area contributed by atoms with E-state index < -0.39 is 5.41 Å². The van der Waals surface area contributed by atoms with Gasteiger partial charge in [-0.2, -0.15) is 0 Å². The molecule has 0 N–H and O–H groups in total. The van der Waals surface area contributed by atoms with Gasteiger partial charge in [-0.1, -0.05) is 212 Å². The van der Waals surface area contributed by atoms with Crippen LogP contribution in [0.2, 0.25) is 0 Å². The number of rotatable bonds is 8. The van der Waals surface area contributed by atoms with E-state index in [1.54, 1.807) is 0 Å². The average Bonchev–Trinajstić information content (AvgIpc) is 4.19. The van der Waals surface area contributed by atoms with Crippen LogP contribution in [0.25, 0.3) is 93.6 Å². The number of hydrogen-bond acceptors (Lipinski definition) is 2. The van der Waals surface area contributed by atoms with E-state index in [4.69, 9.17) is 4.42 Å². The molecule has 0 spiro atoms. The van der Waals surface area contributed by atoms with Crippen LogP contribution < -0.4 is 4.90 Å². The van der Waals surface area contributed by atoms with E-state index in [9.17, 15) is 0 Å². The molecular weight excluding hydrogens is 897 g/mol. The molecule has 14 aromatic rings. The minimum atomic E-state index is -0.537. The topological polar surface area (TPSA) is 21.3 Å². The Morgan fingerprint density at radius 2 is 0.919 bits per heavy atom. The maximum absolute atomic E-state index is 7.01. The number of benzene rings is 12. The molecule has 0 saturated carbocycles. The van der Waals surface area contributed by atoms with Crippen molar-refractivity contribution in [2.24, 2.45) is 0 Å². The van der Waals surface area contributed by atoms with Crippen molar-refractivity contribution in [1.82, 2.24) is 4.57 Å². The van der Waals surface area contributed by atoms with Crippen LogP contribution in [0.3, 0.4) is 0 Å². The second kappa shape index (κ2) is 16.7. The molecule has 0 atom stereocenters. The summed E-state index contributed by atoms with van der Waals surface area (Å²) in [5.41, 5.74) is 19.9. The summed E-state index contributed by atoms with van der Waals surface area (Å²) < 4.78 is 9.44. The van der Waals surface area contributed by atoms with E-state index in [1.807, 2.05) is 0 Å². The molecule has 0 unspecified atom stereocenters. The Morgan fingerprint density at radius 1 is 0.351 bits per heavy atom. The standard InChI is InChI=1S/C71H46N2O/c1-4-18-47(19-5-1)49-32-37-54(38-33-49)72(57-42-43-59-58-26-12-15-29-64(58)71(65(59)45-57,52-22-6-2-7-23-52)53-24-8-3-9-25-53)55-39-35-50(36-40-55)62-46-63-60-27-13-16-30-66(60)73(56-41-34-48-20-10-11-21-51(48)44-56)69(63)68-61-28-14-17-31-67(61)74-70(62)68/h1-46H. The molecule has 0 bridgehead atoms. The third-order valence-electron chi connectivity index (χ3n) is 15.6. The summed E-state index contributed by atoms with van der Waals surface area (Å²) in [6.07, 6.45) is 0. The Bertz CT molecular complexity index is 4420. The zero-order valence-electron chi connectivity index (χ0n) is 40.4. The SMILES string of the molecule is c1ccc(-c2ccc(N(c3ccc(-c4cc5c6ccccc6n(-c6ccc7ccccc7c6)c5c5c4oc4ccccc45)cc3)c3ccc4c(c3)C(c3ccccc3)(c3ccccc3)c3ccccc3-4)cc2)cc1. The van der Waals surface area contributed by atoms with Crippen molar-refractivity contribution in [3.8, 4) is 39.1 Å². The van der Waals surface area contributed by atoms with Crippen molar-refractivity contribution in [2.45, 2.75) is 5.41 Å². The van der Waals surface area contributed by atoms with Crippen LogP contribution >= 0.6 is 0 Å². The lowest BCUT2D eigenvalue weighted by molar-refractivity contribution is 0.670. The van der Waals surface area contributed by atoms with E-state index >= 15 is 0 Å². The molecule has 3 nitrogen and oxygen atoms in total. The highest BCUT2D eigenvalue weighted by atomic mass is 16.3. The molecule has 3 heteroatoms. The van der Waals surface area contributed by atoms with Crippen LogP contribution in [-0.4, -0.2) is 4.57 Å². The van der Waals surface area contributed by atoms with Crippen molar-refractivity contribution < 1.29 is 4.42 Å². The molecule has 1 aliphatic rings. The van der Waals surface area contributed by atoms with Crippen molar-refractivity contribution in [1.29, 1.82) is 0 Å². The summed E-state index contributed by atoms with van der Waals surface area (Å²) >= 11 is 0. The zero-order chi connectivity index (χ0) is 48.7. The highest BCUT2D eigenvalue weighted by Gasteiger charge is 2.46. The summed E-state index contributed by atoms with van der Waals surface area (Å²) in [5.74, 6) is 0. The van der Waals surface area contributed by atoms with Gasteiger partial charge in [0.05, 0.1) is 21.8 Å². The van der Waals surface area contributed by atoms with Crippen LogP contribution in [0.4, 0.5) is 17.1 Å². The number of hydrogen-bond donors (Lipinski definition) is 0. The van der Waals surface area contributed by atoms with Crippen LogP contribution in [0, 0.1) is 0 Å². The van der Waals surface area contributed by atoms with Gasteiger partial charge in [-0.15, -0.1) is 0 Å². The summed E-state index contributed by atoms with van der Waals surface area (Å²) in [5, 5.41) is 7.03. The Morgan fingerprint density at radius 3 is 1.66 bits per heavy atom. The van der Waals surface area contributed by atoms with Gasteiger partial charge in [0.15, 0.2) is 0 Å². The second-order valence-corrected chi connectivity index (χ2v) is 19.6. The van der Waals surface area contributed by atoms with Gasteiger partial charge in [0.25, 0.3) is 0 Å². The first kappa shape index (κ1) is 42.0. The summed E-state index contributed by atoms with van der Waals surface area (Å²) in [7, 11) is 0. The fourth-order valence-electron chi connectivity index (χ4n) is 12.4.